The van der Waals surface area contributed by atoms with Gasteiger partial charge >= 0.3 is 0 Å². The van der Waals surface area contributed by atoms with Crippen molar-refractivity contribution in [1.29, 1.82) is 0 Å². The van der Waals surface area contributed by atoms with Gasteiger partial charge in [0, 0.05) is 42.8 Å². The molecule has 0 aliphatic carbocycles. The minimum atomic E-state index is -0.839. The monoisotopic (exact) mass is 505 g/mol. The molecule has 0 saturated carbocycles. The summed E-state index contributed by atoms with van der Waals surface area (Å²) in [7, 11) is 1.80. The van der Waals surface area contributed by atoms with Crippen molar-refractivity contribution >= 4 is 50.7 Å². The lowest BCUT2D eigenvalue weighted by Gasteiger charge is -2.08. The first-order valence-corrected chi connectivity index (χ1v) is 11.7. The molecule has 7 nitrogen and oxygen atoms in total. The fourth-order valence-corrected chi connectivity index (χ4v) is 4.72. The topological polar surface area (TPSA) is 96.5 Å². The van der Waals surface area contributed by atoms with E-state index in [1.54, 1.807) is 48.1 Å². The van der Waals surface area contributed by atoms with Gasteiger partial charge in [-0.15, -0.1) is 11.3 Å². The Morgan fingerprint density at radius 3 is 2.64 bits per heavy atom. The number of aliphatic hydroxyl groups is 1. The van der Waals surface area contributed by atoms with Crippen molar-refractivity contribution in [3.63, 3.8) is 0 Å². The molecule has 0 saturated heterocycles. The van der Waals surface area contributed by atoms with E-state index in [0.29, 0.717) is 29.3 Å². The maximum Gasteiger partial charge on any atom is 0.257 e. The number of halogens is 2. The number of rotatable bonds is 8. The summed E-state index contributed by atoms with van der Waals surface area (Å²) in [5.74, 6) is -0.0510. The molecule has 4 rings (SSSR count). The van der Waals surface area contributed by atoms with Crippen LogP contribution in [0.1, 0.15) is 32.7 Å². The van der Waals surface area contributed by atoms with Crippen molar-refractivity contribution in [1.82, 2.24) is 15.2 Å². The van der Waals surface area contributed by atoms with Gasteiger partial charge in [-0.3, -0.25) is 9.59 Å². The number of amides is 1. The lowest BCUT2D eigenvalue weighted by molar-refractivity contribution is 0.0949. The second-order valence-electron chi connectivity index (χ2n) is 7.51. The molecule has 0 bridgehead atoms. The predicted octanol–water partition coefficient (Wildman–Crippen LogP) is 4.25. The molecule has 1 aromatic carbocycles. The summed E-state index contributed by atoms with van der Waals surface area (Å²) >= 11 is 13.1. The van der Waals surface area contributed by atoms with Gasteiger partial charge in [0.15, 0.2) is 5.22 Å². The number of aryl methyl sites for hydroxylation is 1. The molecule has 0 radical (unpaired) electrons. The molecule has 1 atom stereocenters. The normalized spacial score (nSPS) is 12.2. The highest BCUT2D eigenvalue weighted by molar-refractivity contribution is 7.18. The van der Waals surface area contributed by atoms with Crippen molar-refractivity contribution in [3.8, 4) is 0 Å². The summed E-state index contributed by atoms with van der Waals surface area (Å²) in [6.45, 7) is 0.994. The zero-order chi connectivity index (χ0) is 23.5. The van der Waals surface area contributed by atoms with E-state index in [2.05, 4.69) is 10.6 Å². The van der Waals surface area contributed by atoms with Crippen LogP contribution in [0.3, 0.4) is 0 Å². The van der Waals surface area contributed by atoms with E-state index in [-0.39, 0.29) is 22.8 Å². The molecule has 3 aromatic heterocycles. The van der Waals surface area contributed by atoms with Crippen LogP contribution in [0.4, 0.5) is 0 Å². The third-order valence-corrected chi connectivity index (χ3v) is 6.75. The van der Waals surface area contributed by atoms with Crippen molar-refractivity contribution < 1.29 is 14.3 Å². The van der Waals surface area contributed by atoms with Crippen LogP contribution < -0.4 is 16.1 Å². The highest BCUT2D eigenvalue weighted by atomic mass is 35.5. The molecule has 0 fully saturated rings. The Morgan fingerprint density at radius 1 is 1.18 bits per heavy atom. The fraction of sp³-hybridized carbons (Fsp3) is 0.217. The molecule has 0 spiro atoms. The molecule has 4 aromatic rings. The van der Waals surface area contributed by atoms with E-state index in [9.17, 15) is 14.7 Å². The lowest BCUT2D eigenvalue weighted by Crippen LogP contribution is -2.29. The van der Waals surface area contributed by atoms with E-state index < -0.39 is 12.0 Å². The average Bonchev–Trinajstić information content (AvgIpc) is 3.42. The third kappa shape index (κ3) is 5.48. The zero-order valence-electron chi connectivity index (χ0n) is 17.6. The van der Waals surface area contributed by atoms with E-state index in [4.69, 9.17) is 27.6 Å². The van der Waals surface area contributed by atoms with Gasteiger partial charge in [-0.1, -0.05) is 23.7 Å². The first kappa shape index (κ1) is 23.5. The van der Waals surface area contributed by atoms with E-state index in [1.807, 2.05) is 12.1 Å². The van der Waals surface area contributed by atoms with Crippen molar-refractivity contribution in [2.24, 2.45) is 7.05 Å². The highest BCUT2D eigenvalue weighted by Gasteiger charge is 2.17. The van der Waals surface area contributed by atoms with Crippen molar-refractivity contribution in [3.05, 3.63) is 90.9 Å². The van der Waals surface area contributed by atoms with Crippen molar-refractivity contribution in [2.75, 3.05) is 6.54 Å². The maximum atomic E-state index is 13.0. The van der Waals surface area contributed by atoms with Gasteiger partial charge in [-0.2, -0.15) is 0 Å². The molecular weight excluding hydrogens is 485 g/mol. The van der Waals surface area contributed by atoms with Gasteiger partial charge in [0.25, 0.3) is 5.91 Å². The Bertz CT molecular complexity index is 1340. The van der Waals surface area contributed by atoms with Gasteiger partial charge in [-0.25, -0.2) is 0 Å². The van der Waals surface area contributed by atoms with Crippen molar-refractivity contribution in [2.45, 2.75) is 19.2 Å². The summed E-state index contributed by atoms with van der Waals surface area (Å²) in [5, 5.41) is 17.4. The number of benzene rings is 1. The number of aromatic nitrogens is 1. The number of furan rings is 1. The van der Waals surface area contributed by atoms with E-state index in [1.165, 1.54) is 11.3 Å². The number of nitrogens with zero attached hydrogens (tertiary/aromatic N) is 1. The predicted molar refractivity (Wildman–Crippen MR) is 130 cm³/mol. The number of nitrogens with one attached hydrogen (secondary N) is 2. The first-order valence-electron chi connectivity index (χ1n) is 10.1. The minimum Gasteiger partial charge on any atom is -0.447 e. The van der Waals surface area contributed by atoms with Crippen LogP contribution in [0.2, 0.25) is 10.2 Å². The molecule has 10 heteroatoms. The fourth-order valence-electron chi connectivity index (χ4n) is 3.38. The molecule has 0 aliphatic rings. The number of hydrogen-bond acceptors (Lipinski definition) is 6. The molecular formula is C23H21Cl2N3O4S. The van der Waals surface area contributed by atoms with Crippen LogP contribution >= 0.6 is 34.5 Å². The Hall–Kier alpha value is -2.62. The largest absolute Gasteiger partial charge is 0.447 e. The number of thiophene rings is 1. The Labute approximate surface area is 203 Å². The number of carbonyl (C=O) groups excluding carboxylic acids is 1. The number of aliphatic hydroxyl groups excluding tert-OH is 1. The molecule has 3 N–H and O–H groups in total. The van der Waals surface area contributed by atoms with Gasteiger partial charge in [0.05, 0.1) is 5.39 Å². The lowest BCUT2D eigenvalue weighted by atomic mass is 10.2. The molecule has 0 aliphatic heterocycles. The first-order chi connectivity index (χ1) is 15.8. The second kappa shape index (κ2) is 10.1. The number of carbonyl (C=O) groups is 1. The molecule has 172 valence electrons. The quantitative estimate of drug-likeness (QED) is 0.332. The second-order valence-corrected chi connectivity index (χ2v) is 9.44. The average molecular weight is 506 g/mol. The van der Waals surface area contributed by atoms with Crippen LogP contribution in [0, 0.1) is 0 Å². The van der Waals surface area contributed by atoms with Crippen LogP contribution in [0.5, 0.6) is 0 Å². The highest BCUT2D eigenvalue weighted by Crippen LogP contribution is 2.24. The van der Waals surface area contributed by atoms with Gasteiger partial charge in [0.2, 0.25) is 5.43 Å². The standard InChI is InChI=1S/C23H21Cl2N3O4S/c1-28-12-17(22(31)27-9-13-2-4-14(24)5-3-13)21(30)16-8-15(33-23(16)28)10-26-11-18(29)19-6-7-20(25)32-19/h2-8,12,18,26,29H,9-11H2,1H3,(H,27,31). The number of pyridine rings is 1. The molecule has 33 heavy (non-hydrogen) atoms. The summed E-state index contributed by atoms with van der Waals surface area (Å²) < 4.78 is 6.99. The smallest absolute Gasteiger partial charge is 0.257 e. The Morgan fingerprint density at radius 2 is 1.94 bits per heavy atom. The summed E-state index contributed by atoms with van der Waals surface area (Å²) in [5.41, 5.74) is 0.652. The molecule has 1 unspecified atom stereocenters. The maximum absolute atomic E-state index is 13.0. The van der Waals surface area contributed by atoms with Crippen LogP contribution in [-0.2, 0) is 20.1 Å². The zero-order valence-corrected chi connectivity index (χ0v) is 19.9. The Balaban J connectivity index is 1.44. The minimum absolute atomic E-state index is 0.0846. The van der Waals surface area contributed by atoms with E-state index in [0.717, 1.165) is 15.3 Å². The number of hydrogen-bond donors (Lipinski definition) is 3. The summed E-state index contributed by atoms with van der Waals surface area (Å²) in [4.78, 5) is 27.3. The van der Waals surface area contributed by atoms with Gasteiger partial charge < -0.3 is 24.7 Å². The molecule has 1 amide bonds. The van der Waals surface area contributed by atoms with Gasteiger partial charge in [-0.05, 0) is 47.5 Å². The summed E-state index contributed by atoms with van der Waals surface area (Å²) in [6, 6.07) is 12.1. The molecule has 3 heterocycles. The van der Waals surface area contributed by atoms with Crippen LogP contribution in [0.15, 0.2) is 57.9 Å². The SMILES string of the molecule is Cn1cc(C(=O)NCc2ccc(Cl)cc2)c(=O)c2cc(CNCC(O)c3ccc(Cl)o3)sc21. The summed E-state index contributed by atoms with van der Waals surface area (Å²) in [6.07, 6.45) is 0.717. The van der Waals surface area contributed by atoms with Gasteiger partial charge in [0.1, 0.15) is 22.3 Å². The number of fused-ring (bicyclic) bond motifs is 1. The third-order valence-electron chi connectivity index (χ3n) is 5.07. The van der Waals surface area contributed by atoms with Crippen LogP contribution in [0.25, 0.3) is 10.2 Å². The van der Waals surface area contributed by atoms with Crippen LogP contribution in [-0.4, -0.2) is 22.1 Å². The van der Waals surface area contributed by atoms with E-state index >= 15 is 0 Å². The Kier molecular flexibility index (Phi) is 7.21.